The molecule has 0 unspecified atom stereocenters. The van der Waals surface area contributed by atoms with E-state index in [-0.39, 0.29) is 5.97 Å². The topological polar surface area (TPSA) is 35.5 Å². The first-order valence-electron chi connectivity index (χ1n) is 8.67. The van der Waals surface area contributed by atoms with Gasteiger partial charge in [-0.2, -0.15) is 0 Å². The first-order chi connectivity index (χ1) is 12.7. The molecule has 0 aliphatic carbocycles. The molecule has 0 N–H and O–H groups in total. The number of hydrogen-bond donors (Lipinski definition) is 0. The highest BCUT2D eigenvalue weighted by atomic mass is 16.5. The second-order valence-electron chi connectivity index (χ2n) is 6.07. The van der Waals surface area contributed by atoms with Gasteiger partial charge < -0.3 is 9.47 Å². The maximum Gasteiger partial charge on any atom is 0.305 e. The number of carbonyl (C=O) groups excluding carboxylic acids is 1. The van der Waals surface area contributed by atoms with Crippen LogP contribution in [0.4, 0.5) is 0 Å². The van der Waals surface area contributed by atoms with Crippen molar-refractivity contribution in [1.82, 2.24) is 0 Å². The molecule has 0 fully saturated rings. The lowest BCUT2D eigenvalue weighted by Gasteiger charge is -2.08. The van der Waals surface area contributed by atoms with Crippen LogP contribution < -0.4 is 4.74 Å². The molecule has 3 aromatic carbocycles. The molecule has 0 aromatic heterocycles. The lowest BCUT2D eigenvalue weighted by atomic mass is 10.0. The monoisotopic (exact) mass is 346 g/mol. The van der Waals surface area contributed by atoms with Crippen molar-refractivity contribution < 1.29 is 14.3 Å². The van der Waals surface area contributed by atoms with Crippen LogP contribution in [0.2, 0.25) is 0 Å². The first kappa shape index (κ1) is 17.7. The smallest absolute Gasteiger partial charge is 0.305 e. The molecule has 132 valence electrons. The van der Waals surface area contributed by atoms with E-state index in [1.807, 2.05) is 42.5 Å². The summed E-state index contributed by atoms with van der Waals surface area (Å²) in [6.07, 6.45) is 1.07. The Labute approximate surface area is 154 Å². The Kier molecular flexibility index (Phi) is 6.05. The number of hydrogen-bond acceptors (Lipinski definition) is 3. The molecule has 3 aromatic rings. The Morgan fingerprint density at radius 2 is 1.38 bits per heavy atom. The van der Waals surface area contributed by atoms with E-state index >= 15 is 0 Å². The van der Waals surface area contributed by atoms with Crippen LogP contribution in [0, 0.1) is 0 Å². The third kappa shape index (κ3) is 4.96. The highest BCUT2D eigenvalue weighted by molar-refractivity contribution is 5.69. The zero-order valence-electron chi connectivity index (χ0n) is 14.9. The predicted molar refractivity (Wildman–Crippen MR) is 103 cm³/mol. The van der Waals surface area contributed by atoms with E-state index in [1.165, 1.54) is 18.2 Å². The number of methoxy groups -OCH3 is 1. The van der Waals surface area contributed by atoms with Crippen molar-refractivity contribution in [2.75, 3.05) is 7.11 Å². The van der Waals surface area contributed by atoms with Crippen molar-refractivity contribution in [2.24, 2.45) is 0 Å². The summed E-state index contributed by atoms with van der Waals surface area (Å²) in [5.74, 6) is 0.628. The van der Waals surface area contributed by atoms with E-state index in [2.05, 4.69) is 41.1 Å². The Balaban J connectivity index is 1.53. The number of carbonyl (C=O) groups is 1. The lowest BCUT2D eigenvalue weighted by molar-refractivity contribution is -0.140. The molecule has 0 heterocycles. The molecule has 26 heavy (non-hydrogen) atoms. The number of aryl methyl sites for hydroxylation is 1. The summed E-state index contributed by atoms with van der Waals surface area (Å²) in [6.45, 7) is 0.524. The molecule has 0 aliphatic rings. The lowest BCUT2D eigenvalue weighted by Crippen LogP contribution is -2.01. The van der Waals surface area contributed by atoms with E-state index in [0.717, 1.165) is 16.9 Å². The van der Waals surface area contributed by atoms with Crippen LogP contribution in [0.3, 0.4) is 0 Å². The summed E-state index contributed by atoms with van der Waals surface area (Å²) in [6, 6.07) is 26.6. The van der Waals surface area contributed by atoms with Gasteiger partial charge in [0.1, 0.15) is 12.4 Å². The largest absolute Gasteiger partial charge is 0.489 e. The van der Waals surface area contributed by atoms with Gasteiger partial charge in [0.15, 0.2) is 0 Å². The van der Waals surface area contributed by atoms with Crippen molar-refractivity contribution in [3.05, 3.63) is 90.0 Å². The molecule has 3 rings (SSSR count). The van der Waals surface area contributed by atoms with Gasteiger partial charge in [-0.05, 0) is 40.8 Å². The predicted octanol–water partition coefficient (Wildman–Crippen LogP) is 5.04. The van der Waals surface area contributed by atoms with Crippen LogP contribution in [-0.2, 0) is 22.6 Å². The van der Waals surface area contributed by atoms with Gasteiger partial charge in [0.05, 0.1) is 7.11 Å². The zero-order valence-corrected chi connectivity index (χ0v) is 14.9. The summed E-state index contributed by atoms with van der Waals surface area (Å²) in [5.41, 5.74) is 4.63. The minimum atomic E-state index is -0.190. The van der Waals surface area contributed by atoms with E-state index in [1.54, 1.807) is 0 Å². The van der Waals surface area contributed by atoms with Gasteiger partial charge in [-0.15, -0.1) is 0 Å². The number of benzene rings is 3. The molecular formula is C23H22O3. The summed E-state index contributed by atoms with van der Waals surface area (Å²) in [5, 5.41) is 0. The zero-order chi connectivity index (χ0) is 18.2. The van der Waals surface area contributed by atoms with Crippen LogP contribution in [0.25, 0.3) is 11.1 Å². The second-order valence-corrected chi connectivity index (χ2v) is 6.07. The molecule has 0 aliphatic heterocycles. The minimum Gasteiger partial charge on any atom is -0.489 e. The molecule has 0 bridgehead atoms. The highest BCUT2D eigenvalue weighted by Crippen LogP contribution is 2.20. The van der Waals surface area contributed by atoms with Gasteiger partial charge in [-0.1, -0.05) is 66.7 Å². The second kappa shape index (κ2) is 8.86. The van der Waals surface area contributed by atoms with Crippen molar-refractivity contribution in [2.45, 2.75) is 19.4 Å². The normalized spacial score (nSPS) is 10.3. The molecule has 0 radical (unpaired) electrons. The highest BCUT2D eigenvalue weighted by Gasteiger charge is 2.03. The SMILES string of the molecule is COC(=O)CCc1ccc(OCc2ccc(-c3ccccc3)cc2)cc1. The fourth-order valence-corrected chi connectivity index (χ4v) is 2.69. The van der Waals surface area contributed by atoms with E-state index < -0.39 is 0 Å². The maximum atomic E-state index is 11.2. The van der Waals surface area contributed by atoms with Gasteiger partial charge in [0.2, 0.25) is 0 Å². The molecule has 0 atom stereocenters. The van der Waals surface area contributed by atoms with Gasteiger partial charge in [0, 0.05) is 6.42 Å². The van der Waals surface area contributed by atoms with Crippen LogP contribution in [0.15, 0.2) is 78.9 Å². The molecular weight excluding hydrogens is 324 g/mol. The molecule has 0 spiro atoms. The van der Waals surface area contributed by atoms with Crippen molar-refractivity contribution in [1.29, 1.82) is 0 Å². The summed E-state index contributed by atoms with van der Waals surface area (Å²) < 4.78 is 10.5. The third-order valence-corrected chi connectivity index (χ3v) is 4.24. The van der Waals surface area contributed by atoms with Crippen molar-refractivity contribution >= 4 is 5.97 Å². The van der Waals surface area contributed by atoms with Gasteiger partial charge in [0.25, 0.3) is 0 Å². The fraction of sp³-hybridized carbons (Fsp3) is 0.174. The van der Waals surface area contributed by atoms with Gasteiger partial charge in [-0.25, -0.2) is 0 Å². The Morgan fingerprint density at radius 1 is 0.769 bits per heavy atom. The molecule has 3 heteroatoms. The molecule has 0 saturated carbocycles. The quantitative estimate of drug-likeness (QED) is 0.562. The van der Waals surface area contributed by atoms with E-state index in [4.69, 9.17) is 4.74 Å². The molecule has 0 amide bonds. The van der Waals surface area contributed by atoms with Gasteiger partial charge >= 0.3 is 5.97 Å². The first-order valence-corrected chi connectivity index (χ1v) is 8.67. The summed E-state index contributed by atoms with van der Waals surface area (Å²) in [4.78, 5) is 11.2. The van der Waals surface area contributed by atoms with E-state index in [0.29, 0.717) is 19.4 Å². The van der Waals surface area contributed by atoms with E-state index in [9.17, 15) is 4.79 Å². The Morgan fingerprint density at radius 3 is 2.04 bits per heavy atom. The van der Waals surface area contributed by atoms with Gasteiger partial charge in [-0.3, -0.25) is 4.79 Å². The number of rotatable bonds is 7. The minimum absolute atomic E-state index is 0.190. The van der Waals surface area contributed by atoms with Crippen LogP contribution in [0.1, 0.15) is 17.5 Å². The fourth-order valence-electron chi connectivity index (χ4n) is 2.69. The van der Waals surface area contributed by atoms with Crippen molar-refractivity contribution in [3.8, 4) is 16.9 Å². The van der Waals surface area contributed by atoms with Crippen LogP contribution in [0.5, 0.6) is 5.75 Å². The third-order valence-electron chi connectivity index (χ3n) is 4.24. The summed E-state index contributed by atoms with van der Waals surface area (Å²) in [7, 11) is 1.41. The Bertz CT molecular complexity index is 822. The van der Waals surface area contributed by atoms with Crippen LogP contribution >= 0.6 is 0 Å². The average molecular weight is 346 g/mol. The standard InChI is InChI=1S/C23H22O3/c1-25-23(24)16-11-18-9-14-22(15-10-18)26-17-19-7-12-21(13-8-19)20-5-3-2-4-6-20/h2-10,12-15H,11,16-17H2,1H3. The molecule has 3 nitrogen and oxygen atoms in total. The van der Waals surface area contributed by atoms with Crippen molar-refractivity contribution in [3.63, 3.8) is 0 Å². The maximum absolute atomic E-state index is 11.2. The molecule has 0 saturated heterocycles. The average Bonchev–Trinajstić information content (AvgIpc) is 2.72. The number of esters is 1. The Hall–Kier alpha value is -3.07. The van der Waals surface area contributed by atoms with Crippen LogP contribution in [-0.4, -0.2) is 13.1 Å². The summed E-state index contributed by atoms with van der Waals surface area (Å²) >= 11 is 0. The number of ether oxygens (including phenoxy) is 2.